The maximum absolute atomic E-state index is 14.1. The Morgan fingerprint density at radius 3 is 2.96 bits per heavy atom. The van der Waals surface area contributed by atoms with Crippen LogP contribution < -0.4 is 5.48 Å². The van der Waals surface area contributed by atoms with Crippen LogP contribution in [0.15, 0.2) is 18.2 Å². The molecule has 2 aliphatic carbocycles. The highest BCUT2D eigenvalue weighted by Crippen LogP contribution is 2.52. The van der Waals surface area contributed by atoms with Crippen LogP contribution in [0.4, 0.5) is 4.39 Å². The van der Waals surface area contributed by atoms with Gasteiger partial charge in [-0.3, -0.25) is 10.0 Å². The van der Waals surface area contributed by atoms with E-state index in [2.05, 4.69) is 0 Å². The molecule has 0 spiro atoms. The Morgan fingerprint density at radius 1 is 1.48 bits per heavy atom. The molecule has 0 saturated heterocycles. The van der Waals surface area contributed by atoms with Crippen molar-refractivity contribution in [3.8, 4) is 0 Å². The van der Waals surface area contributed by atoms with Gasteiger partial charge in [0.15, 0.2) is 0 Å². The second-order valence-corrected chi connectivity index (χ2v) is 7.39. The van der Waals surface area contributed by atoms with Gasteiger partial charge in [0.2, 0.25) is 0 Å². The van der Waals surface area contributed by atoms with Gasteiger partial charge in [-0.2, -0.15) is 0 Å². The minimum Gasteiger partial charge on any atom is -0.289 e. The van der Waals surface area contributed by atoms with E-state index in [-0.39, 0.29) is 5.82 Å². The summed E-state index contributed by atoms with van der Waals surface area (Å²) >= 11 is 1.55. The number of fused-ring (bicyclic) bond motifs is 1. The Labute approximate surface area is 137 Å². The van der Waals surface area contributed by atoms with Gasteiger partial charge >= 0.3 is 0 Å². The molecular weight excluding hydrogens is 315 g/mol. The van der Waals surface area contributed by atoms with Gasteiger partial charge in [0.25, 0.3) is 5.91 Å². The molecule has 1 heterocycles. The Bertz CT molecular complexity index is 800. The average Bonchev–Trinajstić information content (AvgIpc) is 3.21. The molecule has 0 radical (unpaired) electrons. The Hall–Kier alpha value is -1.79. The fourth-order valence-electron chi connectivity index (χ4n) is 3.56. The van der Waals surface area contributed by atoms with E-state index in [9.17, 15) is 14.4 Å². The summed E-state index contributed by atoms with van der Waals surface area (Å²) in [4.78, 5) is 18.2. The summed E-state index contributed by atoms with van der Waals surface area (Å²) in [6.07, 6.45) is 3.46. The van der Waals surface area contributed by atoms with Crippen molar-refractivity contribution in [1.82, 2.24) is 10.5 Å². The number of rotatable bonds is 3. The van der Waals surface area contributed by atoms with Crippen molar-refractivity contribution in [2.45, 2.75) is 43.9 Å². The molecule has 1 aromatic heterocycles. The van der Waals surface area contributed by atoms with E-state index in [1.54, 1.807) is 35.9 Å². The van der Waals surface area contributed by atoms with E-state index >= 15 is 0 Å². The number of hydrogen-bond acceptors (Lipinski definition) is 4. The van der Waals surface area contributed by atoms with Gasteiger partial charge < -0.3 is 0 Å². The summed E-state index contributed by atoms with van der Waals surface area (Å²) in [5.41, 5.74) is 2.75. The zero-order valence-electron chi connectivity index (χ0n) is 12.7. The SMILES string of the molecule is Cc1c(F)cccc1C1(C(=O)NO)CCc2nc(C3CC3)sc21. The van der Waals surface area contributed by atoms with Gasteiger partial charge in [-0.25, -0.2) is 14.9 Å². The molecule has 6 heteroatoms. The van der Waals surface area contributed by atoms with Gasteiger partial charge in [-0.15, -0.1) is 11.3 Å². The molecule has 1 amide bonds. The number of aryl methyl sites for hydroxylation is 1. The van der Waals surface area contributed by atoms with Crippen molar-refractivity contribution in [2.75, 3.05) is 0 Å². The fourth-order valence-corrected chi connectivity index (χ4v) is 5.07. The van der Waals surface area contributed by atoms with Crippen LogP contribution in [0.1, 0.15) is 51.9 Å². The molecule has 1 aromatic carbocycles. The van der Waals surface area contributed by atoms with Crippen LogP contribution in [-0.4, -0.2) is 16.1 Å². The normalized spacial score (nSPS) is 22.9. The largest absolute Gasteiger partial charge is 0.289 e. The van der Waals surface area contributed by atoms with Gasteiger partial charge in [-0.05, 0) is 49.8 Å². The van der Waals surface area contributed by atoms with Crippen LogP contribution in [0, 0.1) is 12.7 Å². The highest BCUT2D eigenvalue weighted by Gasteiger charge is 2.51. The number of carbonyl (C=O) groups is 1. The van der Waals surface area contributed by atoms with Crippen molar-refractivity contribution >= 4 is 17.2 Å². The molecule has 1 saturated carbocycles. The summed E-state index contributed by atoms with van der Waals surface area (Å²) < 4.78 is 14.1. The second kappa shape index (κ2) is 5.11. The first-order valence-corrected chi connectivity index (χ1v) is 8.59. The third-order valence-corrected chi connectivity index (χ3v) is 6.40. The van der Waals surface area contributed by atoms with Crippen LogP contribution >= 0.6 is 11.3 Å². The lowest BCUT2D eigenvalue weighted by atomic mass is 9.76. The summed E-state index contributed by atoms with van der Waals surface area (Å²) in [6.45, 7) is 1.68. The number of hydrogen-bond donors (Lipinski definition) is 2. The molecule has 23 heavy (non-hydrogen) atoms. The fraction of sp³-hybridized carbons (Fsp3) is 0.412. The van der Waals surface area contributed by atoms with Gasteiger partial charge in [0, 0.05) is 10.8 Å². The summed E-state index contributed by atoms with van der Waals surface area (Å²) in [7, 11) is 0. The number of nitrogens with one attached hydrogen (secondary N) is 1. The lowest BCUT2D eigenvalue weighted by molar-refractivity contribution is -0.133. The van der Waals surface area contributed by atoms with Crippen molar-refractivity contribution in [3.63, 3.8) is 0 Å². The molecule has 1 atom stereocenters. The standard InChI is InChI=1S/C17H17FN2O2S/c1-9-11(3-2-4-12(9)18)17(16(21)20-22)8-7-13-14(17)23-15(19-13)10-5-6-10/h2-4,10,22H,5-8H2,1H3,(H,20,21). The van der Waals surface area contributed by atoms with Crippen molar-refractivity contribution < 1.29 is 14.4 Å². The molecule has 0 bridgehead atoms. The number of halogens is 1. The number of carbonyl (C=O) groups excluding carboxylic acids is 1. The van der Waals surface area contributed by atoms with Crippen LogP contribution in [-0.2, 0) is 16.6 Å². The average molecular weight is 332 g/mol. The second-order valence-electron chi connectivity index (χ2n) is 6.36. The van der Waals surface area contributed by atoms with Gasteiger partial charge in [0.1, 0.15) is 11.2 Å². The molecule has 120 valence electrons. The number of amides is 1. The highest BCUT2D eigenvalue weighted by atomic mass is 32.1. The van der Waals surface area contributed by atoms with Gasteiger partial charge in [0.05, 0.1) is 10.7 Å². The molecule has 4 rings (SSSR count). The summed E-state index contributed by atoms with van der Waals surface area (Å²) in [5, 5.41) is 10.4. The van der Waals surface area contributed by atoms with Gasteiger partial charge in [-0.1, -0.05) is 12.1 Å². The molecule has 1 fully saturated rings. The van der Waals surface area contributed by atoms with Crippen LogP contribution in [0.2, 0.25) is 0 Å². The molecule has 2 N–H and O–H groups in total. The Morgan fingerprint density at radius 2 is 2.26 bits per heavy atom. The van der Waals surface area contributed by atoms with E-state index in [1.165, 1.54) is 6.07 Å². The first-order valence-electron chi connectivity index (χ1n) is 7.78. The third-order valence-electron chi connectivity index (χ3n) is 4.98. The minimum atomic E-state index is -1.04. The topological polar surface area (TPSA) is 62.2 Å². The monoisotopic (exact) mass is 332 g/mol. The smallest absolute Gasteiger partial charge is 0.259 e. The van der Waals surface area contributed by atoms with E-state index in [0.717, 1.165) is 28.4 Å². The Balaban J connectivity index is 1.93. The van der Waals surface area contributed by atoms with E-state index in [4.69, 9.17) is 4.98 Å². The number of benzene rings is 1. The van der Waals surface area contributed by atoms with Crippen molar-refractivity contribution in [1.29, 1.82) is 0 Å². The number of aromatic nitrogens is 1. The lowest BCUT2D eigenvalue weighted by Gasteiger charge is -2.28. The number of hydroxylamine groups is 1. The first kappa shape index (κ1) is 14.8. The molecule has 4 nitrogen and oxygen atoms in total. The van der Waals surface area contributed by atoms with Crippen LogP contribution in [0.5, 0.6) is 0 Å². The van der Waals surface area contributed by atoms with Crippen molar-refractivity contribution in [3.05, 3.63) is 50.7 Å². The van der Waals surface area contributed by atoms with Crippen LogP contribution in [0.25, 0.3) is 0 Å². The van der Waals surface area contributed by atoms with Crippen LogP contribution in [0.3, 0.4) is 0 Å². The molecule has 1 unspecified atom stereocenters. The molecule has 2 aromatic rings. The minimum absolute atomic E-state index is 0.340. The Kier molecular flexibility index (Phi) is 3.28. The first-order chi connectivity index (χ1) is 11.1. The predicted molar refractivity (Wildman–Crippen MR) is 84.3 cm³/mol. The molecular formula is C17H17FN2O2S. The zero-order valence-corrected chi connectivity index (χ0v) is 13.5. The predicted octanol–water partition coefficient (Wildman–Crippen LogP) is 3.21. The number of thiazole rings is 1. The molecule has 2 aliphatic rings. The number of nitrogens with zero attached hydrogens (tertiary/aromatic N) is 1. The van der Waals surface area contributed by atoms with E-state index in [0.29, 0.717) is 29.9 Å². The summed E-state index contributed by atoms with van der Waals surface area (Å²) in [5.74, 6) is -0.335. The highest BCUT2D eigenvalue weighted by molar-refractivity contribution is 7.12. The lowest BCUT2D eigenvalue weighted by Crippen LogP contribution is -2.42. The maximum Gasteiger partial charge on any atom is 0.259 e. The van der Waals surface area contributed by atoms with Crippen molar-refractivity contribution in [2.24, 2.45) is 0 Å². The van der Waals surface area contributed by atoms with E-state index < -0.39 is 11.3 Å². The maximum atomic E-state index is 14.1. The molecule has 0 aliphatic heterocycles. The summed E-state index contributed by atoms with van der Waals surface area (Å²) in [6, 6.07) is 4.78. The zero-order chi connectivity index (χ0) is 16.2. The van der Waals surface area contributed by atoms with E-state index in [1.807, 2.05) is 0 Å². The quantitative estimate of drug-likeness (QED) is 0.670. The third kappa shape index (κ3) is 2.05.